The molecule has 138 valence electrons. The number of carbonyl (C=O) groups excluding carboxylic acids is 1. The van der Waals surface area contributed by atoms with Gasteiger partial charge in [-0.25, -0.2) is 0 Å². The normalized spacial score (nSPS) is 11.6. The van der Waals surface area contributed by atoms with Crippen LogP contribution in [0.25, 0.3) is 38.4 Å². The molecule has 0 aliphatic heterocycles. The lowest BCUT2D eigenvalue weighted by Gasteiger charge is -2.09. The Morgan fingerprint density at radius 2 is 1.21 bits per heavy atom. The highest BCUT2D eigenvalue weighted by molar-refractivity contribution is 6.14. The van der Waals surface area contributed by atoms with E-state index < -0.39 is 0 Å². The Hall–Kier alpha value is -3.91. The lowest BCUT2D eigenvalue weighted by atomic mass is 9.95. The molecule has 0 radical (unpaired) electrons. The maximum atomic E-state index is 12.9. The first-order valence-electron chi connectivity index (χ1n) is 9.56. The lowest BCUT2D eigenvalue weighted by molar-refractivity contribution is 0.104. The van der Waals surface area contributed by atoms with Crippen molar-refractivity contribution >= 4 is 44.2 Å². The van der Waals surface area contributed by atoms with E-state index in [2.05, 4.69) is 30.3 Å². The number of ketones is 1. The second kappa shape index (κ2) is 6.92. The molecule has 0 saturated heterocycles. The maximum Gasteiger partial charge on any atom is 0.189 e. The average Bonchev–Trinajstić information content (AvgIpc) is 2.77. The van der Waals surface area contributed by atoms with Crippen LogP contribution < -0.4 is 0 Å². The van der Waals surface area contributed by atoms with Crippen molar-refractivity contribution in [3.8, 4) is 5.75 Å². The molecule has 5 aromatic carbocycles. The predicted octanol–water partition coefficient (Wildman–Crippen LogP) is 6.75. The van der Waals surface area contributed by atoms with Gasteiger partial charge in [-0.3, -0.25) is 4.79 Å². The fourth-order valence-electron chi connectivity index (χ4n) is 3.93. The Bertz CT molecular complexity index is 1370. The highest BCUT2D eigenvalue weighted by Gasteiger charge is 2.12. The third-order valence-corrected chi connectivity index (χ3v) is 5.38. The molecule has 29 heavy (non-hydrogen) atoms. The summed E-state index contributed by atoms with van der Waals surface area (Å²) in [5.74, 6) is -0.189. The molecule has 0 aromatic heterocycles. The van der Waals surface area contributed by atoms with Crippen LogP contribution in [-0.2, 0) is 0 Å². The minimum atomic E-state index is -0.217. The average molecular weight is 374 g/mol. The van der Waals surface area contributed by atoms with Crippen molar-refractivity contribution in [2.24, 2.45) is 0 Å². The van der Waals surface area contributed by atoms with Gasteiger partial charge < -0.3 is 5.11 Å². The molecule has 1 N–H and O–H groups in total. The number of hydrogen-bond acceptors (Lipinski definition) is 2. The zero-order valence-electron chi connectivity index (χ0n) is 15.7. The highest BCUT2D eigenvalue weighted by Crippen LogP contribution is 2.31. The fourth-order valence-corrected chi connectivity index (χ4v) is 3.93. The molecule has 0 heterocycles. The Balaban J connectivity index is 1.64. The standard InChI is InChI=1S/C27H18O2/c28-26(25-14-13-18-7-1-6-12-23(18)27(25)29)16-15-24-21-10-4-2-8-19(21)17-20-9-3-5-11-22(20)24/h1-17,29H/b16-15+. The predicted molar refractivity (Wildman–Crippen MR) is 120 cm³/mol. The smallest absolute Gasteiger partial charge is 0.189 e. The molecule has 0 unspecified atom stereocenters. The number of allylic oxidation sites excluding steroid dienone is 1. The molecule has 2 nitrogen and oxygen atoms in total. The molecule has 0 saturated carbocycles. The molecule has 0 atom stereocenters. The van der Waals surface area contributed by atoms with E-state index in [0.29, 0.717) is 10.9 Å². The Kier molecular flexibility index (Phi) is 4.10. The van der Waals surface area contributed by atoms with Gasteiger partial charge in [0.25, 0.3) is 0 Å². The van der Waals surface area contributed by atoms with Crippen molar-refractivity contribution in [1.82, 2.24) is 0 Å². The van der Waals surface area contributed by atoms with E-state index in [0.717, 1.165) is 32.5 Å². The van der Waals surface area contributed by atoms with E-state index in [9.17, 15) is 9.90 Å². The first kappa shape index (κ1) is 17.2. The molecular formula is C27H18O2. The van der Waals surface area contributed by atoms with Crippen molar-refractivity contribution in [2.45, 2.75) is 0 Å². The second-order valence-corrected chi connectivity index (χ2v) is 7.11. The summed E-state index contributed by atoms with van der Waals surface area (Å²) in [4.78, 5) is 12.9. The SMILES string of the molecule is O=C(/C=C/c1c2ccccc2cc2ccccc12)c1ccc2ccccc2c1O. The number of fused-ring (bicyclic) bond motifs is 3. The van der Waals surface area contributed by atoms with Gasteiger partial charge >= 0.3 is 0 Å². The monoisotopic (exact) mass is 374 g/mol. The zero-order valence-corrected chi connectivity index (χ0v) is 15.7. The largest absolute Gasteiger partial charge is 0.507 e. The summed E-state index contributed by atoms with van der Waals surface area (Å²) in [6.45, 7) is 0. The molecule has 0 aliphatic carbocycles. The molecule has 0 spiro atoms. The summed E-state index contributed by atoms with van der Waals surface area (Å²) in [5.41, 5.74) is 1.32. The van der Waals surface area contributed by atoms with Crippen LogP contribution in [0.5, 0.6) is 5.75 Å². The zero-order chi connectivity index (χ0) is 19.8. The summed E-state index contributed by atoms with van der Waals surface area (Å²) in [6, 6.07) is 29.6. The molecular weight excluding hydrogens is 356 g/mol. The minimum Gasteiger partial charge on any atom is -0.507 e. The number of phenols is 1. The number of rotatable bonds is 3. The van der Waals surface area contributed by atoms with Crippen LogP contribution in [0.2, 0.25) is 0 Å². The van der Waals surface area contributed by atoms with Crippen molar-refractivity contribution in [3.63, 3.8) is 0 Å². The van der Waals surface area contributed by atoms with Crippen molar-refractivity contribution < 1.29 is 9.90 Å². The Morgan fingerprint density at radius 1 is 0.655 bits per heavy atom. The number of hydrogen-bond donors (Lipinski definition) is 1. The van der Waals surface area contributed by atoms with Gasteiger partial charge in [0, 0.05) is 5.39 Å². The molecule has 0 aliphatic rings. The fraction of sp³-hybridized carbons (Fsp3) is 0. The van der Waals surface area contributed by atoms with Crippen LogP contribution in [0.3, 0.4) is 0 Å². The van der Waals surface area contributed by atoms with Crippen molar-refractivity contribution in [2.75, 3.05) is 0 Å². The minimum absolute atomic E-state index is 0.0283. The first-order valence-corrected chi connectivity index (χ1v) is 9.56. The van der Waals surface area contributed by atoms with Crippen molar-refractivity contribution in [3.05, 3.63) is 108 Å². The summed E-state index contributed by atoms with van der Waals surface area (Å²) in [6.07, 6.45) is 3.42. The number of phenolic OH excluding ortho intramolecular Hbond substituents is 1. The molecule has 5 aromatic rings. The number of carbonyl (C=O) groups is 1. The maximum absolute atomic E-state index is 12.9. The molecule has 0 fully saturated rings. The molecule has 2 heteroatoms. The highest BCUT2D eigenvalue weighted by atomic mass is 16.3. The van der Waals surface area contributed by atoms with Crippen LogP contribution in [-0.4, -0.2) is 10.9 Å². The van der Waals surface area contributed by atoms with Crippen molar-refractivity contribution in [1.29, 1.82) is 0 Å². The van der Waals surface area contributed by atoms with Gasteiger partial charge in [-0.2, -0.15) is 0 Å². The van der Waals surface area contributed by atoms with E-state index in [-0.39, 0.29) is 11.5 Å². The quantitative estimate of drug-likeness (QED) is 0.215. The van der Waals surface area contributed by atoms with Gasteiger partial charge in [-0.05, 0) is 56.8 Å². The van der Waals surface area contributed by atoms with Gasteiger partial charge in [-0.1, -0.05) is 78.9 Å². The first-order chi connectivity index (χ1) is 14.2. The van der Waals surface area contributed by atoms with Gasteiger partial charge in [-0.15, -0.1) is 0 Å². The molecule has 5 rings (SSSR count). The van der Waals surface area contributed by atoms with Gasteiger partial charge in [0.15, 0.2) is 5.78 Å². The van der Waals surface area contributed by atoms with E-state index in [1.165, 1.54) is 0 Å². The number of benzene rings is 5. The van der Waals surface area contributed by atoms with Crippen LogP contribution in [0.4, 0.5) is 0 Å². The van der Waals surface area contributed by atoms with E-state index in [1.807, 2.05) is 60.7 Å². The van der Waals surface area contributed by atoms with Crippen LogP contribution in [0.15, 0.2) is 97.1 Å². The summed E-state index contributed by atoms with van der Waals surface area (Å²) in [5, 5.41) is 16.6. The second-order valence-electron chi connectivity index (χ2n) is 7.11. The van der Waals surface area contributed by atoms with E-state index in [1.54, 1.807) is 12.1 Å². The van der Waals surface area contributed by atoms with Gasteiger partial charge in [0.2, 0.25) is 0 Å². The Morgan fingerprint density at radius 3 is 1.86 bits per heavy atom. The van der Waals surface area contributed by atoms with E-state index in [4.69, 9.17) is 0 Å². The van der Waals surface area contributed by atoms with Gasteiger partial charge in [0.05, 0.1) is 5.56 Å². The summed E-state index contributed by atoms with van der Waals surface area (Å²) < 4.78 is 0. The van der Waals surface area contributed by atoms with E-state index >= 15 is 0 Å². The lowest BCUT2D eigenvalue weighted by Crippen LogP contribution is -1.95. The third-order valence-electron chi connectivity index (χ3n) is 5.38. The van der Waals surface area contributed by atoms with Gasteiger partial charge in [0.1, 0.15) is 5.75 Å². The van der Waals surface area contributed by atoms with Crippen LogP contribution >= 0.6 is 0 Å². The number of aromatic hydroxyl groups is 1. The third kappa shape index (κ3) is 2.95. The molecule has 0 amide bonds. The topological polar surface area (TPSA) is 37.3 Å². The molecule has 0 bridgehead atoms. The summed E-state index contributed by atoms with van der Waals surface area (Å²) in [7, 11) is 0. The summed E-state index contributed by atoms with van der Waals surface area (Å²) >= 11 is 0. The van der Waals surface area contributed by atoms with Crippen LogP contribution in [0.1, 0.15) is 15.9 Å². The van der Waals surface area contributed by atoms with Crippen LogP contribution in [0, 0.1) is 0 Å². The Labute approximate surface area is 168 Å².